The highest BCUT2D eigenvalue weighted by Gasteiger charge is 2.24. The molecule has 0 saturated carbocycles. The highest BCUT2D eigenvalue weighted by atomic mass is 19.1. The number of carboxylic acids is 1. The minimum atomic E-state index is -1.44. The molecule has 1 rings (SSSR count). The molecule has 0 aromatic heterocycles. The van der Waals surface area contributed by atoms with Crippen molar-refractivity contribution >= 4 is 5.97 Å². The Hall–Kier alpha value is -0.900. The summed E-state index contributed by atoms with van der Waals surface area (Å²) >= 11 is 0. The van der Waals surface area contributed by atoms with E-state index in [1.54, 1.807) is 0 Å². The molecule has 0 radical (unpaired) electrons. The number of likely N-dealkylation sites (tertiary alicyclic amines) is 1. The first-order chi connectivity index (χ1) is 6.02. The summed E-state index contributed by atoms with van der Waals surface area (Å²) in [5, 5.41) is 8.47. The highest BCUT2D eigenvalue weighted by Crippen LogP contribution is 2.25. The van der Waals surface area contributed by atoms with E-state index in [2.05, 4.69) is 4.90 Å². The molecular weight excluding hydrogens is 173 g/mol. The van der Waals surface area contributed by atoms with Crippen LogP contribution in [-0.2, 0) is 4.79 Å². The van der Waals surface area contributed by atoms with Crippen LogP contribution in [0.1, 0.15) is 13.3 Å². The maximum absolute atomic E-state index is 13.1. The first kappa shape index (κ1) is 10.2. The first-order valence-corrected chi connectivity index (χ1v) is 4.32. The van der Waals surface area contributed by atoms with Gasteiger partial charge in [-0.1, -0.05) is 6.92 Å². The lowest BCUT2D eigenvalue weighted by Gasteiger charge is -2.29. The van der Waals surface area contributed by atoms with Gasteiger partial charge in [-0.25, -0.2) is 4.79 Å². The average molecular weight is 187 g/mol. The summed E-state index contributed by atoms with van der Waals surface area (Å²) in [6.45, 7) is 3.32. The zero-order valence-electron chi connectivity index (χ0n) is 7.88. The lowest BCUT2D eigenvalue weighted by atomic mass is 9.93. The number of hydrogen-bond acceptors (Lipinski definition) is 2. The zero-order chi connectivity index (χ0) is 10.0. The summed E-state index contributed by atoms with van der Waals surface area (Å²) in [4.78, 5) is 12.5. The maximum atomic E-state index is 13.1. The fourth-order valence-corrected chi connectivity index (χ4v) is 1.69. The topological polar surface area (TPSA) is 40.5 Å². The van der Waals surface area contributed by atoms with E-state index in [9.17, 15) is 9.18 Å². The standard InChI is InChI=1S/C9H14FNO2/c1-6-5-11(2)4-3-7(6)8(10)9(12)13/h6H,3-5H2,1-2H3,(H,12,13)/b8-7+. The predicted octanol–water partition coefficient (Wildman–Crippen LogP) is 1.27. The molecule has 0 amide bonds. The second-order valence-corrected chi connectivity index (χ2v) is 3.56. The van der Waals surface area contributed by atoms with E-state index in [1.807, 2.05) is 14.0 Å². The van der Waals surface area contributed by atoms with Gasteiger partial charge in [0.05, 0.1) is 0 Å². The molecule has 1 aliphatic rings. The van der Waals surface area contributed by atoms with Crippen molar-refractivity contribution in [2.24, 2.45) is 5.92 Å². The summed E-state index contributed by atoms with van der Waals surface area (Å²) in [6.07, 6.45) is 0.524. The van der Waals surface area contributed by atoms with E-state index < -0.39 is 11.8 Å². The number of rotatable bonds is 1. The summed E-state index contributed by atoms with van der Waals surface area (Å²) in [6, 6.07) is 0. The Morgan fingerprint density at radius 2 is 2.31 bits per heavy atom. The third-order valence-electron chi connectivity index (χ3n) is 2.41. The van der Waals surface area contributed by atoms with Crippen molar-refractivity contribution in [3.63, 3.8) is 0 Å². The molecule has 0 aliphatic carbocycles. The third kappa shape index (κ3) is 2.28. The van der Waals surface area contributed by atoms with Crippen LogP contribution in [0, 0.1) is 5.92 Å². The van der Waals surface area contributed by atoms with Crippen LogP contribution in [0.4, 0.5) is 4.39 Å². The second-order valence-electron chi connectivity index (χ2n) is 3.56. The molecule has 4 heteroatoms. The lowest BCUT2D eigenvalue weighted by molar-refractivity contribution is -0.134. The van der Waals surface area contributed by atoms with Crippen LogP contribution in [-0.4, -0.2) is 36.1 Å². The minimum Gasteiger partial charge on any atom is -0.476 e. The maximum Gasteiger partial charge on any atom is 0.364 e. The number of carboxylic acid groups (broad SMARTS) is 1. The third-order valence-corrected chi connectivity index (χ3v) is 2.41. The normalized spacial score (nSPS) is 28.7. The fourth-order valence-electron chi connectivity index (χ4n) is 1.69. The van der Waals surface area contributed by atoms with Gasteiger partial charge in [0.1, 0.15) is 0 Å². The molecule has 0 spiro atoms. The molecular formula is C9H14FNO2. The van der Waals surface area contributed by atoms with Crippen LogP contribution in [0.5, 0.6) is 0 Å². The Morgan fingerprint density at radius 3 is 2.77 bits per heavy atom. The van der Waals surface area contributed by atoms with E-state index in [0.29, 0.717) is 12.0 Å². The Morgan fingerprint density at radius 1 is 1.69 bits per heavy atom. The van der Waals surface area contributed by atoms with Crippen LogP contribution >= 0.6 is 0 Å². The van der Waals surface area contributed by atoms with Crippen molar-refractivity contribution in [1.82, 2.24) is 4.90 Å². The van der Waals surface area contributed by atoms with Crippen LogP contribution in [0.15, 0.2) is 11.4 Å². The van der Waals surface area contributed by atoms with Crippen molar-refractivity contribution in [2.75, 3.05) is 20.1 Å². The summed E-state index contributed by atoms with van der Waals surface area (Å²) in [5.41, 5.74) is 0.450. The second kappa shape index (κ2) is 3.87. The van der Waals surface area contributed by atoms with Gasteiger partial charge >= 0.3 is 5.97 Å². The van der Waals surface area contributed by atoms with Gasteiger partial charge < -0.3 is 10.0 Å². The number of piperidine rings is 1. The van der Waals surface area contributed by atoms with Gasteiger partial charge in [-0.15, -0.1) is 0 Å². The molecule has 1 aliphatic heterocycles. The molecule has 1 atom stereocenters. The zero-order valence-corrected chi connectivity index (χ0v) is 7.88. The molecule has 0 aromatic carbocycles. The summed E-state index contributed by atoms with van der Waals surface area (Å²) in [7, 11) is 1.95. The summed E-state index contributed by atoms with van der Waals surface area (Å²) < 4.78 is 13.1. The molecule has 3 nitrogen and oxygen atoms in total. The minimum absolute atomic E-state index is 0.00912. The largest absolute Gasteiger partial charge is 0.476 e. The van der Waals surface area contributed by atoms with Crippen LogP contribution in [0.3, 0.4) is 0 Å². The average Bonchev–Trinajstić information content (AvgIpc) is 2.03. The number of halogens is 1. The monoisotopic (exact) mass is 187 g/mol. The SMILES string of the molecule is CC1CN(C)CC/C1=C(\F)C(=O)O. The van der Waals surface area contributed by atoms with Crippen molar-refractivity contribution < 1.29 is 14.3 Å². The number of nitrogens with zero attached hydrogens (tertiary/aromatic N) is 1. The van der Waals surface area contributed by atoms with Crippen molar-refractivity contribution in [1.29, 1.82) is 0 Å². The van der Waals surface area contributed by atoms with Crippen LogP contribution in [0.25, 0.3) is 0 Å². The predicted molar refractivity (Wildman–Crippen MR) is 47.0 cm³/mol. The van der Waals surface area contributed by atoms with Crippen LogP contribution in [0.2, 0.25) is 0 Å². The number of aliphatic carboxylic acids is 1. The summed E-state index contributed by atoms with van der Waals surface area (Å²) in [5.74, 6) is -2.39. The van der Waals surface area contributed by atoms with Crippen molar-refractivity contribution in [3.05, 3.63) is 11.4 Å². The molecule has 1 fully saturated rings. The smallest absolute Gasteiger partial charge is 0.364 e. The molecule has 1 N–H and O–H groups in total. The Bertz CT molecular complexity index is 250. The van der Waals surface area contributed by atoms with Gasteiger partial charge in [-0.3, -0.25) is 0 Å². The van der Waals surface area contributed by atoms with Gasteiger partial charge in [-0.05, 0) is 25.0 Å². The molecule has 0 aromatic rings. The van der Waals surface area contributed by atoms with E-state index in [0.717, 1.165) is 13.1 Å². The molecule has 1 saturated heterocycles. The van der Waals surface area contributed by atoms with Crippen molar-refractivity contribution in [3.8, 4) is 0 Å². The Kier molecular flexibility index (Phi) is 3.03. The van der Waals surface area contributed by atoms with Gasteiger partial charge in [0, 0.05) is 13.1 Å². The molecule has 1 heterocycles. The van der Waals surface area contributed by atoms with Gasteiger partial charge in [0.2, 0.25) is 5.83 Å². The van der Waals surface area contributed by atoms with E-state index in [1.165, 1.54) is 0 Å². The Balaban J connectivity index is 2.81. The van der Waals surface area contributed by atoms with E-state index in [-0.39, 0.29) is 5.92 Å². The number of carbonyl (C=O) groups is 1. The van der Waals surface area contributed by atoms with E-state index >= 15 is 0 Å². The molecule has 13 heavy (non-hydrogen) atoms. The quantitative estimate of drug-likeness (QED) is 0.628. The fraction of sp³-hybridized carbons (Fsp3) is 0.667. The van der Waals surface area contributed by atoms with Crippen molar-refractivity contribution in [2.45, 2.75) is 13.3 Å². The van der Waals surface area contributed by atoms with Gasteiger partial charge in [0.25, 0.3) is 0 Å². The highest BCUT2D eigenvalue weighted by molar-refractivity contribution is 5.85. The lowest BCUT2D eigenvalue weighted by Crippen LogP contribution is -2.33. The first-order valence-electron chi connectivity index (χ1n) is 4.32. The van der Waals surface area contributed by atoms with Crippen LogP contribution < -0.4 is 0 Å². The molecule has 0 bridgehead atoms. The Labute approximate surface area is 76.8 Å². The van der Waals surface area contributed by atoms with E-state index in [4.69, 9.17) is 5.11 Å². The molecule has 1 unspecified atom stereocenters. The van der Waals surface area contributed by atoms with Gasteiger partial charge in [-0.2, -0.15) is 4.39 Å². The molecule has 74 valence electrons. The number of hydrogen-bond donors (Lipinski definition) is 1. The van der Waals surface area contributed by atoms with Gasteiger partial charge in [0.15, 0.2) is 0 Å².